The van der Waals surface area contributed by atoms with E-state index in [1.54, 1.807) is 23.5 Å². The Balaban J connectivity index is 2.03. The number of hydrogen-bond donors (Lipinski definition) is 2. The summed E-state index contributed by atoms with van der Waals surface area (Å²) in [5, 5.41) is 12.2. The summed E-state index contributed by atoms with van der Waals surface area (Å²) in [5.41, 5.74) is 1.37. The maximum Gasteiger partial charge on any atom is 0.251 e. The first-order chi connectivity index (χ1) is 8.56. The zero-order chi connectivity index (χ0) is 13.1. The van der Waals surface area contributed by atoms with Crippen LogP contribution < -0.4 is 5.32 Å². The predicted octanol–water partition coefficient (Wildman–Crippen LogP) is 3.00. The zero-order valence-electron chi connectivity index (χ0n) is 10.4. The second-order valence-electron chi connectivity index (χ2n) is 4.19. The molecule has 1 aromatic carbocycles. The minimum absolute atomic E-state index is 0.112. The van der Waals surface area contributed by atoms with E-state index in [1.165, 1.54) is 10.9 Å². The minimum atomic E-state index is -0.112. The second-order valence-corrected chi connectivity index (χ2v) is 5.57. The molecule has 0 saturated carbocycles. The predicted molar refractivity (Wildman–Crippen MR) is 73.1 cm³/mol. The molecule has 2 aromatic rings. The monoisotopic (exact) mass is 261 g/mol. The number of benzene rings is 1. The normalized spacial score (nSPS) is 10.3. The highest BCUT2D eigenvalue weighted by molar-refractivity contribution is 7.11. The summed E-state index contributed by atoms with van der Waals surface area (Å²) in [6.45, 7) is 4.39. The van der Waals surface area contributed by atoms with Crippen LogP contribution in [0.4, 0.5) is 0 Å². The van der Waals surface area contributed by atoms with Crippen LogP contribution in [0.1, 0.15) is 25.7 Å². The van der Waals surface area contributed by atoms with Gasteiger partial charge in [0.05, 0.1) is 6.54 Å². The maximum atomic E-state index is 12.0. The highest BCUT2D eigenvalue weighted by atomic mass is 32.1. The van der Waals surface area contributed by atoms with Crippen LogP contribution >= 0.6 is 11.3 Å². The van der Waals surface area contributed by atoms with Crippen LogP contribution in [0, 0.1) is 13.8 Å². The lowest BCUT2D eigenvalue weighted by Crippen LogP contribution is -2.23. The van der Waals surface area contributed by atoms with Gasteiger partial charge in [-0.3, -0.25) is 4.79 Å². The number of hydrogen-bond acceptors (Lipinski definition) is 3. The number of phenols is 1. The van der Waals surface area contributed by atoms with Crippen LogP contribution in [0.15, 0.2) is 30.3 Å². The standard InChI is InChI=1S/C14H15NO2S/c1-9-7-11(16)4-6-13(9)14(17)15-8-12-5-3-10(2)18-12/h3-7,16H,8H2,1-2H3,(H,15,17). The van der Waals surface area contributed by atoms with Gasteiger partial charge < -0.3 is 10.4 Å². The molecule has 0 aliphatic carbocycles. The first-order valence-corrected chi connectivity index (χ1v) is 6.51. The van der Waals surface area contributed by atoms with Gasteiger partial charge in [-0.05, 0) is 49.7 Å². The van der Waals surface area contributed by atoms with E-state index in [2.05, 4.69) is 5.32 Å². The van der Waals surface area contributed by atoms with Gasteiger partial charge in [-0.15, -0.1) is 11.3 Å². The highest BCUT2D eigenvalue weighted by Crippen LogP contribution is 2.17. The van der Waals surface area contributed by atoms with Crippen molar-refractivity contribution >= 4 is 17.2 Å². The summed E-state index contributed by atoms with van der Waals surface area (Å²) in [4.78, 5) is 14.3. The number of phenolic OH excluding ortho intramolecular Hbond substituents is 1. The van der Waals surface area contributed by atoms with Crippen molar-refractivity contribution in [2.24, 2.45) is 0 Å². The summed E-state index contributed by atoms with van der Waals surface area (Å²) in [5.74, 6) is 0.0662. The molecule has 0 aliphatic rings. The van der Waals surface area contributed by atoms with Gasteiger partial charge in [-0.25, -0.2) is 0 Å². The van der Waals surface area contributed by atoms with Crippen molar-refractivity contribution in [2.45, 2.75) is 20.4 Å². The Morgan fingerprint density at radius 1 is 1.28 bits per heavy atom. The number of aromatic hydroxyl groups is 1. The molecule has 1 aromatic heterocycles. The SMILES string of the molecule is Cc1ccc(CNC(=O)c2ccc(O)cc2C)s1. The van der Waals surface area contributed by atoms with Gasteiger partial charge in [-0.2, -0.15) is 0 Å². The Hall–Kier alpha value is -1.81. The molecule has 1 amide bonds. The number of rotatable bonds is 3. The quantitative estimate of drug-likeness (QED) is 0.892. The molecular weight excluding hydrogens is 246 g/mol. The van der Waals surface area contributed by atoms with Gasteiger partial charge in [-0.1, -0.05) is 0 Å². The van der Waals surface area contributed by atoms with Crippen LogP contribution in [0.2, 0.25) is 0 Å². The van der Waals surface area contributed by atoms with Crippen LogP contribution in [0.5, 0.6) is 5.75 Å². The third-order valence-corrected chi connectivity index (χ3v) is 3.67. The average molecular weight is 261 g/mol. The first kappa shape index (κ1) is 12.6. The molecular formula is C14H15NO2S. The van der Waals surface area contributed by atoms with Crippen molar-refractivity contribution in [2.75, 3.05) is 0 Å². The molecule has 0 unspecified atom stereocenters. The molecule has 2 rings (SSSR count). The van der Waals surface area contributed by atoms with Gasteiger partial charge in [0.25, 0.3) is 5.91 Å². The highest BCUT2D eigenvalue weighted by Gasteiger charge is 2.09. The van der Waals surface area contributed by atoms with Crippen LogP contribution in [0.3, 0.4) is 0 Å². The fourth-order valence-corrected chi connectivity index (χ4v) is 2.58. The summed E-state index contributed by atoms with van der Waals surface area (Å²) in [6, 6.07) is 8.81. The van der Waals surface area contributed by atoms with Crippen LogP contribution in [-0.2, 0) is 6.54 Å². The van der Waals surface area contributed by atoms with E-state index < -0.39 is 0 Å². The van der Waals surface area contributed by atoms with Crippen molar-refractivity contribution in [1.29, 1.82) is 0 Å². The van der Waals surface area contributed by atoms with E-state index in [1.807, 2.05) is 26.0 Å². The summed E-state index contributed by atoms with van der Waals surface area (Å²) >= 11 is 1.68. The lowest BCUT2D eigenvalue weighted by atomic mass is 10.1. The maximum absolute atomic E-state index is 12.0. The Bertz CT molecular complexity index is 575. The molecule has 94 valence electrons. The molecule has 18 heavy (non-hydrogen) atoms. The Morgan fingerprint density at radius 3 is 2.67 bits per heavy atom. The van der Waals surface area contributed by atoms with Crippen molar-refractivity contribution in [3.8, 4) is 5.75 Å². The number of thiophene rings is 1. The molecule has 0 saturated heterocycles. The Kier molecular flexibility index (Phi) is 3.67. The molecule has 0 fully saturated rings. The third kappa shape index (κ3) is 2.90. The third-order valence-electron chi connectivity index (χ3n) is 2.67. The molecule has 0 atom stereocenters. The molecule has 0 aliphatic heterocycles. The van der Waals surface area contributed by atoms with E-state index in [9.17, 15) is 9.90 Å². The van der Waals surface area contributed by atoms with E-state index >= 15 is 0 Å². The van der Waals surface area contributed by atoms with Crippen molar-refractivity contribution in [3.05, 3.63) is 51.2 Å². The lowest BCUT2D eigenvalue weighted by Gasteiger charge is -2.07. The summed E-state index contributed by atoms with van der Waals surface area (Å²) in [6.07, 6.45) is 0. The molecule has 4 heteroatoms. The minimum Gasteiger partial charge on any atom is -0.508 e. The first-order valence-electron chi connectivity index (χ1n) is 5.69. The number of nitrogens with one attached hydrogen (secondary N) is 1. The number of carbonyl (C=O) groups excluding carboxylic acids is 1. The molecule has 0 spiro atoms. The van der Waals surface area contributed by atoms with E-state index in [-0.39, 0.29) is 11.7 Å². The van der Waals surface area contributed by atoms with E-state index in [0.717, 1.165) is 10.4 Å². The Morgan fingerprint density at radius 2 is 2.06 bits per heavy atom. The van der Waals surface area contributed by atoms with Gasteiger partial charge in [0.2, 0.25) is 0 Å². The molecule has 0 radical (unpaired) electrons. The van der Waals surface area contributed by atoms with E-state index in [4.69, 9.17) is 0 Å². The number of carbonyl (C=O) groups is 1. The van der Waals surface area contributed by atoms with Gasteiger partial charge >= 0.3 is 0 Å². The van der Waals surface area contributed by atoms with Gasteiger partial charge in [0, 0.05) is 15.3 Å². The molecule has 3 nitrogen and oxygen atoms in total. The zero-order valence-corrected chi connectivity index (χ0v) is 11.2. The fourth-order valence-electron chi connectivity index (χ4n) is 1.75. The second kappa shape index (κ2) is 5.23. The van der Waals surface area contributed by atoms with Crippen molar-refractivity contribution < 1.29 is 9.90 Å². The fraction of sp³-hybridized carbons (Fsp3) is 0.214. The van der Waals surface area contributed by atoms with Crippen LogP contribution in [0.25, 0.3) is 0 Å². The topological polar surface area (TPSA) is 49.3 Å². The van der Waals surface area contributed by atoms with Crippen molar-refractivity contribution in [1.82, 2.24) is 5.32 Å². The summed E-state index contributed by atoms with van der Waals surface area (Å²) < 4.78 is 0. The van der Waals surface area contributed by atoms with Gasteiger partial charge in [0.15, 0.2) is 0 Å². The Labute approximate surface area is 110 Å². The number of aryl methyl sites for hydroxylation is 2. The summed E-state index contributed by atoms with van der Waals surface area (Å²) in [7, 11) is 0. The lowest BCUT2D eigenvalue weighted by molar-refractivity contribution is 0.0950. The smallest absolute Gasteiger partial charge is 0.251 e. The van der Waals surface area contributed by atoms with Crippen molar-refractivity contribution in [3.63, 3.8) is 0 Å². The average Bonchev–Trinajstić information content (AvgIpc) is 2.72. The molecule has 2 N–H and O–H groups in total. The van der Waals surface area contributed by atoms with E-state index in [0.29, 0.717) is 12.1 Å². The molecule has 1 heterocycles. The largest absolute Gasteiger partial charge is 0.508 e. The van der Waals surface area contributed by atoms with Gasteiger partial charge in [0.1, 0.15) is 5.75 Å². The molecule has 0 bridgehead atoms. The number of amides is 1. The van der Waals surface area contributed by atoms with Crippen LogP contribution in [-0.4, -0.2) is 11.0 Å².